The molecule has 6 heteroatoms. The molecular weight excluding hydrogens is 345 g/mol. The van der Waals surface area contributed by atoms with Gasteiger partial charge in [0.25, 0.3) is 5.91 Å². The largest absolute Gasteiger partial charge is 0.481 e. The molecule has 1 aliphatic heterocycles. The topological polar surface area (TPSA) is 44.8 Å². The first-order valence-electron chi connectivity index (χ1n) is 9.34. The fraction of sp³-hybridized carbons (Fsp3) is 0.381. The van der Waals surface area contributed by atoms with E-state index in [4.69, 9.17) is 4.74 Å². The lowest BCUT2D eigenvalue weighted by Crippen LogP contribution is -2.49. The van der Waals surface area contributed by atoms with Crippen molar-refractivity contribution in [3.8, 4) is 5.75 Å². The predicted molar refractivity (Wildman–Crippen MR) is 105 cm³/mol. The highest BCUT2D eigenvalue weighted by molar-refractivity contribution is 5.80. The van der Waals surface area contributed by atoms with Crippen LogP contribution in [0.5, 0.6) is 5.75 Å². The number of piperazine rings is 1. The molecule has 1 saturated heterocycles. The summed E-state index contributed by atoms with van der Waals surface area (Å²) in [4.78, 5) is 16.9. The standard InChI is InChI=1S/C21H26FN3O2/c1-17(27-20-9-7-18(22)8-10-20)21(26)23-11-12-24-13-15-25(16-14-24)19-5-3-2-4-6-19/h2-10,17H,11-16H2,1H3,(H,23,26). The molecule has 0 spiro atoms. The van der Waals surface area contributed by atoms with E-state index in [1.807, 2.05) is 6.07 Å². The summed E-state index contributed by atoms with van der Waals surface area (Å²) in [7, 11) is 0. The molecule has 1 fully saturated rings. The smallest absolute Gasteiger partial charge is 0.260 e. The van der Waals surface area contributed by atoms with E-state index in [0.29, 0.717) is 12.3 Å². The molecule has 2 aromatic carbocycles. The number of amides is 1. The number of hydrogen-bond donors (Lipinski definition) is 1. The zero-order valence-corrected chi connectivity index (χ0v) is 15.6. The van der Waals surface area contributed by atoms with Gasteiger partial charge in [-0.05, 0) is 43.3 Å². The zero-order valence-electron chi connectivity index (χ0n) is 15.6. The Bertz CT molecular complexity index is 716. The Labute approximate surface area is 159 Å². The molecule has 1 amide bonds. The first-order valence-corrected chi connectivity index (χ1v) is 9.34. The van der Waals surface area contributed by atoms with Crippen molar-refractivity contribution in [2.75, 3.05) is 44.2 Å². The van der Waals surface area contributed by atoms with Gasteiger partial charge in [-0.25, -0.2) is 4.39 Å². The molecule has 1 aliphatic rings. The van der Waals surface area contributed by atoms with Crippen molar-refractivity contribution in [3.63, 3.8) is 0 Å². The van der Waals surface area contributed by atoms with Crippen LogP contribution in [0.25, 0.3) is 0 Å². The van der Waals surface area contributed by atoms with Crippen LogP contribution >= 0.6 is 0 Å². The SMILES string of the molecule is CC(Oc1ccc(F)cc1)C(=O)NCCN1CCN(c2ccccc2)CC1. The predicted octanol–water partition coefficient (Wildman–Crippen LogP) is 2.53. The van der Waals surface area contributed by atoms with Crippen LogP contribution in [0.15, 0.2) is 54.6 Å². The third-order valence-corrected chi connectivity index (χ3v) is 4.72. The van der Waals surface area contributed by atoms with E-state index in [1.165, 1.54) is 30.0 Å². The summed E-state index contributed by atoms with van der Waals surface area (Å²) in [5.41, 5.74) is 1.26. The fourth-order valence-corrected chi connectivity index (χ4v) is 3.12. The molecule has 1 N–H and O–H groups in total. The van der Waals surface area contributed by atoms with Crippen LogP contribution < -0.4 is 15.0 Å². The molecule has 1 atom stereocenters. The number of benzene rings is 2. The number of hydrogen-bond acceptors (Lipinski definition) is 4. The van der Waals surface area contributed by atoms with Gasteiger partial charge in [-0.15, -0.1) is 0 Å². The van der Waals surface area contributed by atoms with Gasteiger partial charge < -0.3 is 15.0 Å². The van der Waals surface area contributed by atoms with E-state index in [1.54, 1.807) is 6.92 Å². The van der Waals surface area contributed by atoms with Gasteiger partial charge >= 0.3 is 0 Å². The second kappa shape index (κ2) is 9.37. The number of carbonyl (C=O) groups is 1. The number of nitrogens with one attached hydrogen (secondary N) is 1. The molecule has 0 saturated carbocycles. The number of halogens is 1. The molecular formula is C21H26FN3O2. The molecule has 0 radical (unpaired) electrons. The summed E-state index contributed by atoms with van der Waals surface area (Å²) in [5.74, 6) is -0.00912. The molecule has 1 unspecified atom stereocenters. The molecule has 1 heterocycles. The van der Waals surface area contributed by atoms with Crippen LogP contribution in [0.3, 0.4) is 0 Å². The van der Waals surface area contributed by atoms with Crippen molar-refractivity contribution in [2.45, 2.75) is 13.0 Å². The van der Waals surface area contributed by atoms with Crippen LogP contribution in [0, 0.1) is 5.82 Å². The molecule has 5 nitrogen and oxygen atoms in total. The highest BCUT2D eigenvalue weighted by atomic mass is 19.1. The number of para-hydroxylation sites is 1. The summed E-state index contributed by atoms with van der Waals surface area (Å²) in [6.45, 7) is 7.03. The second-order valence-electron chi connectivity index (χ2n) is 6.67. The van der Waals surface area contributed by atoms with Crippen LogP contribution in [-0.4, -0.2) is 56.2 Å². The van der Waals surface area contributed by atoms with Gasteiger partial charge in [0, 0.05) is 45.0 Å². The molecule has 0 aromatic heterocycles. The Hall–Kier alpha value is -2.60. The number of rotatable bonds is 7. The third-order valence-electron chi connectivity index (χ3n) is 4.72. The third kappa shape index (κ3) is 5.69. The van der Waals surface area contributed by atoms with Crippen LogP contribution in [0.4, 0.5) is 10.1 Å². The van der Waals surface area contributed by atoms with Crippen molar-refractivity contribution in [1.82, 2.24) is 10.2 Å². The van der Waals surface area contributed by atoms with Crippen molar-refractivity contribution in [1.29, 1.82) is 0 Å². The minimum absolute atomic E-state index is 0.165. The fourth-order valence-electron chi connectivity index (χ4n) is 3.12. The lowest BCUT2D eigenvalue weighted by atomic mass is 10.2. The van der Waals surface area contributed by atoms with E-state index >= 15 is 0 Å². The minimum atomic E-state index is -0.620. The van der Waals surface area contributed by atoms with Crippen molar-refractivity contribution in [2.24, 2.45) is 0 Å². The summed E-state index contributed by atoms with van der Waals surface area (Å²) >= 11 is 0. The van der Waals surface area contributed by atoms with Gasteiger partial charge in [0.2, 0.25) is 0 Å². The summed E-state index contributed by atoms with van der Waals surface area (Å²) in [5, 5.41) is 2.91. The van der Waals surface area contributed by atoms with Crippen LogP contribution in [0.2, 0.25) is 0 Å². The monoisotopic (exact) mass is 371 g/mol. The average Bonchev–Trinajstić information content (AvgIpc) is 2.71. The number of ether oxygens (including phenoxy) is 1. The Morgan fingerprint density at radius 1 is 1.07 bits per heavy atom. The maximum Gasteiger partial charge on any atom is 0.260 e. The van der Waals surface area contributed by atoms with E-state index in [9.17, 15) is 9.18 Å². The van der Waals surface area contributed by atoms with Gasteiger partial charge in [-0.2, -0.15) is 0 Å². The highest BCUT2D eigenvalue weighted by Crippen LogP contribution is 2.15. The summed E-state index contributed by atoms with van der Waals surface area (Å²) < 4.78 is 18.4. The Kier molecular flexibility index (Phi) is 6.65. The van der Waals surface area contributed by atoms with E-state index in [0.717, 1.165) is 32.7 Å². The van der Waals surface area contributed by atoms with Gasteiger partial charge in [-0.1, -0.05) is 18.2 Å². The Morgan fingerprint density at radius 2 is 1.74 bits per heavy atom. The minimum Gasteiger partial charge on any atom is -0.481 e. The van der Waals surface area contributed by atoms with Gasteiger partial charge in [0.05, 0.1) is 0 Å². The molecule has 0 bridgehead atoms. The molecule has 2 aromatic rings. The molecule has 144 valence electrons. The number of nitrogens with zero attached hydrogens (tertiary/aromatic N) is 2. The van der Waals surface area contributed by atoms with E-state index in [2.05, 4.69) is 39.4 Å². The van der Waals surface area contributed by atoms with Crippen molar-refractivity contribution in [3.05, 3.63) is 60.4 Å². The Balaban J connectivity index is 1.35. The summed E-state index contributed by atoms with van der Waals surface area (Å²) in [6, 6.07) is 16.1. The Morgan fingerprint density at radius 3 is 2.41 bits per heavy atom. The van der Waals surface area contributed by atoms with E-state index < -0.39 is 6.10 Å². The maximum absolute atomic E-state index is 12.9. The first kappa shape index (κ1) is 19.2. The van der Waals surface area contributed by atoms with E-state index in [-0.39, 0.29) is 11.7 Å². The van der Waals surface area contributed by atoms with Crippen molar-refractivity contribution < 1.29 is 13.9 Å². The zero-order chi connectivity index (χ0) is 19.1. The lowest BCUT2D eigenvalue weighted by molar-refractivity contribution is -0.127. The van der Waals surface area contributed by atoms with Gasteiger partial charge in [-0.3, -0.25) is 9.69 Å². The lowest BCUT2D eigenvalue weighted by Gasteiger charge is -2.36. The number of carbonyl (C=O) groups excluding carboxylic acids is 1. The summed E-state index contributed by atoms with van der Waals surface area (Å²) in [6.07, 6.45) is -0.620. The second-order valence-corrected chi connectivity index (χ2v) is 6.67. The maximum atomic E-state index is 12.9. The van der Waals surface area contributed by atoms with Crippen LogP contribution in [0.1, 0.15) is 6.92 Å². The highest BCUT2D eigenvalue weighted by Gasteiger charge is 2.18. The van der Waals surface area contributed by atoms with Gasteiger partial charge in [0.15, 0.2) is 6.10 Å². The molecule has 27 heavy (non-hydrogen) atoms. The molecule has 0 aliphatic carbocycles. The normalized spacial score (nSPS) is 16.0. The van der Waals surface area contributed by atoms with Gasteiger partial charge in [0.1, 0.15) is 11.6 Å². The first-order chi connectivity index (χ1) is 13.1. The molecule has 3 rings (SSSR count). The van der Waals surface area contributed by atoms with Crippen molar-refractivity contribution >= 4 is 11.6 Å². The van der Waals surface area contributed by atoms with Crippen LogP contribution in [-0.2, 0) is 4.79 Å². The average molecular weight is 371 g/mol. The quantitative estimate of drug-likeness (QED) is 0.812. The number of anilines is 1.